The van der Waals surface area contributed by atoms with Crippen molar-refractivity contribution in [3.05, 3.63) is 0 Å². The van der Waals surface area contributed by atoms with Gasteiger partial charge in [0.05, 0.1) is 20.3 Å². The largest absolute Gasteiger partial charge is 0.467 e. The van der Waals surface area contributed by atoms with Gasteiger partial charge in [-0.15, -0.1) is 0 Å². The smallest absolute Gasteiger partial charge is 0.328 e. The molecule has 0 aromatic heterocycles. The van der Waals surface area contributed by atoms with Gasteiger partial charge in [0.25, 0.3) is 0 Å². The Labute approximate surface area is 94.7 Å². The van der Waals surface area contributed by atoms with Gasteiger partial charge in [0.15, 0.2) is 0 Å². The van der Waals surface area contributed by atoms with Crippen LogP contribution in [0.15, 0.2) is 0 Å². The van der Waals surface area contributed by atoms with E-state index in [-0.39, 0.29) is 11.9 Å². The highest BCUT2D eigenvalue weighted by molar-refractivity contribution is 5.84. The highest BCUT2D eigenvalue weighted by atomic mass is 16.5. The van der Waals surface area contributed by atoms with Gasteiger partial charge in [-0.25, -0.2) is 4.79 Å². The first-order chi connectivity index (χ1) is 7.63. The molecule has 6 nitrogen and oxygen atoms in total. The van der Waals surface area contributed by atoms with E-state index in [2.05, 4.69) is 15.4 Å². The Balaban J connectivity index is 2.26. The molecule has 2 N–H and O–H groups in total. The monoisotopic (exact) mass is 230 g/mol. The molecule has 0 aliphatic carbocycles. The second kappa shape index (κ2) is 6.44. The van der Waals surface area contributed by atoms with E-state index in [4.69, 9.17) is 4.74 Å². The fraction of sp³-hybridized carbons (Fsp3) is 0.800. The highest BCUT2D eigenvalue weighted by Gasteiger charge is 2.20. The molecule has 1 heterocycles. The van der Waals surface area contributed by atoms with Gasteiger partial charge in [-0.05, 0) is 6.92 Å². The van der Waals surface area contributed by atoms with Crippen molar-refractivity contribution in [2.45, 2.75) is 25.4 Å². The summed E-state index contributed by atoms with van der Waals surface area (Å²) < 4.78 is 9.73. The zero-order chi connectivity index (χ0) is 12.0. The number of nitrogens with one attached hydrogen (secondary N) is 2. The maximum atomic E-state index is 11.5. The molecule has 0 spiro atoms. The Morgan fingerprint density at radius 2 is 2.38 bits per heavy atom. The fourth-order valence-corrected chi connectivity index (χ4v) is 1.51. The zero-order valence-corrected chi connectivity index (χ0v) is 9.62. The molecule has 2 atom stereocenters. The number of ether oxygens (including phenoxy) is 2. The molecule has 0 aromatic carbocycles. The number of methoxy groups -OCH3 is 1. The van der Waals surface area contributed by atoms with Crippen LogP contribution in [0.3, 0.4) is 0 Å². The van der Waals surface area contributed by atoms with Gasteiger partial charge in [0, 0.05) is 19.0 Å². The van der Waals surface area contributed by atoms with E-state index < -0.39 is 12.0 Å². The summed E-state index contributed by atoms with van der Waals surface area (Å²) >= 11 is 0. The molecule has 1 aliphatic heterocycles. The van der Waals surface area contributed by atoms with Crippen molar-refractivity contribution >= 4 is 11.9 Å². The van der Waals surface area contributed by atoms with Gasteiger partial charge in [-0.2, -0.15) is 0 Å². The van der Waals surface area contributed by atoms with Crippen LogP contribution in [0.2, 0.25) is 0 Å². The summed E-state index contributed by atoms with van der Waals surface area (Å²) in [5, 5.41) is 5.73. The van der Waals surface area contributed by atoms with Crippen molar-refractivity contribution in [1.82, 2.24) is 10.6 Å². The molecule has 0 aromatic rings. The molecule has 1 saturated heterocycles. The van der Waals surface area contributed by atoms with Crippen LogP contribution in [0, 0.1) is 0 Å². The molecule has 1 fully saturated rings. The minimum atomic E-state index is -0.609. The van der Waals surface area contributed by atoms with E-state index in [1.165, 1.54) is 7.11 Å². The molecule has 1 amide bonds. The molecular weight excluding hydrogens is 212 g/mol. The van der Waals surface area contributed by atoms with Crippen LogP contribution in [0.25, 0.3) is 0 Å². The summed E-state index contributed by atoms with van der Waals surface area (Å²) in [4.78, 5) is 22.6. The lowest BCUT2D eigenvalue weighted by atomic mass is 10.2. The third-order valence-corrected chi connectivity index (χ3v) is 2.36. The second-order valence-electron chi connectivity index (χ2n) is 3.74. The number of carbonyl (C=O) groups excluding carboxylic acids is 2. The SMILES string of the molecule is COC(=O)[C@@H](C)NC(=O)CC1COCCN1. The summed E-state index contributed by atoms with van der Waals surface area (Å²) in [6, 6.07) is -0.583. The average Bonchev–Trinajstić information content (AvgIpc) is 2.29. The topological polar surface area (TPSA) is 76.7 Å². The van der Waals surface area contributed by atoms with Crippen LogP contribution in [-0.4, -0.2) is 50.8 Å². The molecule has 16 heavy (non-hydrogen) atoms. The quantitative estimate of drug-likeness (QED) is 0.608. The number of carbonyl (C=O) groups is 2. The van der Waals surface area contributed by atoms with Crippen LogP contribution >= 0.6 is 0 Å². The van der Waals surface area contributed by atoms with Gasteiger partial charge >= 0.3 is 5.97 Å². The van der Waals surface area contributed by atoms with E-state index in [0.717, 1.165) is 6.54 Å². The first kappa shape index (κ1) is 12.9. The van der Waals surface area contributed by atoms with Gasteiger partial charge in [0.1, 0.15) is 6.04 Å². The molecular formula is C10H18N2O4. The Kier molecular flexibility index (Phi) is 5.21. The van der Waals surface area contributed by atoms with E-state index in [1.807, 2.05) is 0 Å². The Morgan fingerprint density at radius 3 is 2.94 bits per heavy atom. The number of morpholine rings is 1. The lowest BCUT2D eigenvalue weighted by Gasteiger charge is -2.23. The van der Waals surface area contributed by atoms with Crippen LogP contribution < -0.4 is 10.6 Å². The van der Waals surface area contributed by atoms with Crippen molar-refractivity contribution in [3.63, 3.8) is 0 Å². The van der Waals surface area contributed by atoms with Gasteiger partial charge < -0.3 is 20.1 Å². The summed E-state index contributed by atoms with van der Waals surface area (Å²) in [6.45, 7) is 3.55. The van der Waals surface area contributed by atoms with E-state index in [0.29, 0.717) is 19.6 Å². The summed E-state index contributed by atoms with van der Waals surface area (Å²) in [7, 11) is 1.29. The summed E-state index contributed by atoms with van der Waals surface area (Å²) in [5.41, 5.74) is 0. The van der Waals surface area contributed by atoms with Gasteiger partial charge in [-0.3, -0.25) is 4.79 Å². The number of amides is 1. The van der Waals surface area contributed by atoms with Crippen molar-refractivity contribution in [2.75, 3.05) is 26.9 Å². The Hall–Kier alpha value is -1.14. The molecule has 6 heteroatoms. The maximum absolute atomic E-state index is 11.5. The van der Waals surface area contributed by atoms with E-state index in [9.17, 15) is 9.59 Å². The number of esters is 1. The molecule has 1 unspecified atom stereocenters. The first-order valence-electron chi connectivity index (χ1n) is 5.31. The van der Waals surface area contributed by atoms with Crippen molar-refractivity contribution in [3.8, 4) is 0 Å². The lowest BCUT2D eigenvalue weighted by Crippen LogP contribution is -2.46. The second-order valence-corrected chi connectivity index (χ2v) is 3.74. The summed E-state index contributed by atoms with van der Waals surface area (Å²) in [6.07, 6.45) is 0.307. The standard InChI is InChI=1S/C10H18N2O4/c1-7(10(14)15-2)12-9(13)5-8-6-16-4-3-11-8/h7-8,11H,3-6H2,1-2H3,(H,12,13)/t7-,8?/m1/s1. The minimum absolute atomic E-state index is 0.0265. The Bertz CT molecular complexity index is 251. The summed E-state index contributed by atoms with van der Waals surface area (Å²) in [5.74, 6) is -0.623. The molecule has 92 valence electrons. The predicted molar refractivity (Wildman–Crippen MR) is 56.8 cm³/mol. The Morgan fingerprint density at radius 1 is 1.62 bits per heavy atom. The third-order valence-electron chi connectivity index (χ3n) is 2.36. The van der Waals surface area contributed by atoms with E-state index in [1.54, 1.807) is 6.92 Å². The van der Waals surface area contributed by atoms with Gasteiger partial charge in [0.2, 0.25) is 5.91 Å². The molecule has 1 rings (SSSR count). The minimum Gasteiger partial charge on any atom is -0.467 e. The van der Waals surface area contributed by atoms with Crippen molar-refractivity contribution in [1.29, 1.82) is 0 Å². The van der Waals surface area contributed by atoms with Gasteiger partial charge in [-0.1, -0.05) is 0 Å². The number of hydrogen-bond donors (Lipinski definition) is 2. The zero-order valence-electron chi connectivity index (χ0n) is 9.62. The number of hydrogen-bond acceptors (Lipinski definition) is 5. The number of rotatable bonds is 4. The van der Waals surface area contributed by atoms with Crippen LogP contribution in [0.1, 0.15) is 13.3 Å². The molecule has 0 bridgehead atoms. The van der Waals surface area contributed by atoms with E-state index >= 15 is 0 Å². The van der Waals surface area contributed by atoms with Crippen LogP contribution in [0.5, 0.6) is 0 Å². The third kappa shape index (κ3) is 4.16. The molecule has 0 saturated carbocycles. The van der Waals surface area contributed by atoms with Crippen LogP contribution in [0.4, 0.5) is 0 Å². The normalized spacial score (nSPS) is 22.2. The average molecular weight is 230 g/mol. The predicted octanol–water partition coefficient (Wildman–Crippen LogP) is -0.957. The molecule has 0 radical (unpaired) electrons. The molecule has 1 aliphatic rings. The highest BCUT2D eigenvalue weighted by Crippen LogP contribution is 1.99. The van der Waals surface area contributed by atoms with Crippen LogP contribution in [-0.2, 0) is 19.1 Å². The lowest BCUT2D eigenvalue weighted by molar-refractivity contribution is -0.144. The fourth-order valence-electron chi connectivity index (χ4n) is 1.51. The first-order valence-corrected chi connectivity index (χ1v) is 5.31. The van der Waals surface area contributed by atoms with Crippen molar-refractivity contribution in [2.24, 2.45) is 0 Å². The van der Waals surface area contributed by atoms with Crippen molar-refractivity contribution < 1.29 is 19.1 Å². The maximum Gasteiger partial charge on any atom is 0.328 e.